The fourth-order valence-corrected chi connectivity index (χ4v) is 1.70. The Morgan fingerprint density at radius 2 is 2.00 bits per heavy atom. The molecule has 2 aromatic rings. The number of aryl methyl sites for hydroxylation is 1. The van der Waals surface area contributed by atoms with Crippen molar-refractivity contribution in [2.75, 3.05) is 5.32 Å². The smallest absolute Gasteiger partial charge is 0.333 e. The van der Waals surface area contributed by atoms with Gasteiger partial charge in [-0.15, -0.1) is 0 Å². The van der Waals surface area contributed by atoms with E-state index in [9.17, 15) is 8.78 Å². The van der Waals surface area contributed by atoms with E-state index >= 15 is 0 Å². The van der Waals surface area contributed by atoms with Gasteiger partial charge in [0.2, 0.25) is 0 Å². The molecule has 2 aromatic heterocycles. The van der Waals surface area contributed by atoms with E-state index in [-0.39, 0.29) is 0 Å². The van der Waals surface area contributed by atoms with Crippen LogP contribution in [0.2, 0.25) is 0 Å². The second kappa shape index (κ2) is 5.38. The Balaban J connectivity index is 2.01. The fourth-order valence-electron chi connectivity index (χ4n) is 1.70. The molecule has 0 fully saturated rings. The number of rotatable bonds is 5. The zero-order chi connectivity index (χ0) is 14.0. The highest BCUT2D eigenvalue weighted by Gasteiger charge is 2.11. The van der Waals surface area contributed by atoms with Crippen LogP contribution in [0.3, 0.4) is 0 Å². The maximum absolute atomic E-state index is 12.5. The fraction of sp³-hybridized carbons (Fsp3) is 0.500. The maximum Gasteiger partial charge on any atom is 0.333 e. The summed E-state index contributed by atoms with van der Waals surface area (Å²) in [6, 6.07) is 0.303. The van der Waals surface area contributed by atoms with Crippen LogP contribution in [0.25, 0.3) is 0 Å². The predicted molar refractivity (Wildman–Crippen MR) is 68.2 cm³/mol. The molecule has 19 heavy (non-hydrogen) atoms. The highest BCUT2D eigenvalue weighted by Crippen LogP contribution is 2.18. The number of halogens is 2. The molecule has 0 aliphatic carbocycles. The van der Waals surface area contributed by atoms with E-state index in [1.54, 1.807) is 13.1 Å². The number of hydrogen-bond acceptors (Lipinski definition) is 3. The molecule has 0 spiro atoms. The molecule has 2 heterocycles. The van der Waals surface area contributed by atoms with Gasteiger partial charge >= 0.3 is 6.55 Å². The van der Waals surface area contributed by atoms with Crippen LogP contribution in [0.15, 0.2) is 18.6 Å². The molecule has 0 aliphatic heterocycles. The van der Waals surface area contributed by atoms with Gasteiger partial charge in [-0.3, -0.25) is 4.68 Å². The van der Waals surface area contributed by atoms with E-state index in [1.807, 2.05) is 24.7 Å². The number of nitrogens with one attached hydrogen (secondary N) is 1. The van der Waals surface area contributed by atoms with Gasteiger partial charge in [0.25, 0.3) is 0 Å². The number of anilines is 1. The van der Waals surface area contributed by atoms with Gasteiger partial charge in [0.05, 0.1) is 23.8 Å². The van der Waals surface area contributed by atoms with E-state index in [0.29, 0.717) is 28.6 Å². The van der Waals surface area contributed by atoms with Gasteiger partial charge in [0.15, 0.2) is 0 Å². The van der Waals surface area contributed by atoms with Crippen LogP contribution < -0.4 is 5.32 Å². The van der Waals surface area contributed by atoms with Crippen LogP contribution in [0.5, 0.6) is 0 Å². The molecule has 104 valence electrons. The highest BCUT2D eigenvalue weighted by molar-refractivity contribution is 5.45. The molecule has 0 atom stereocenters. The molecule has 0 saturated heterocycles. The monoisotopic (exact) mass is 269 g/mol. The molecule has 1 N–H and O–H groups in total. The highest BCUT2D eigenvalue weighted by atomic mass is 19.3. The lowest BCUT2D eigenvalue weighted by molar-refractivity contribution is 0.0563. The number of aromatic nitrogens is 4. The van der Waals surface area contributed by atoms with Crippen LogP contribution in [0.4, 0.5) is 14.5 Å². The van der Waals surface area contributed by atoms with Crippen molar-refractivity contribution < 1.29 is 8.78 Å². The van der Waals surface area contributed by atoms with Gasteiger partial charge in [-0.2, -0.15) is 19.0 Å². The first-order chi connectivity index (χ1) is 8.97. The molecular formula is C12H17F2N5. The zero-order valence-corrected chi connectivity index (χ0v) is 11.1. The molecule has 0 radical (unpaired) electrons. The Hall–Kier alpha value is -1.92. The molecule has 2 rings (SSSR count). The van der Waals surface area contributed by atoms with Crippen molar-refractivity contribution in [3.8, 4) is 0 Å². The first-order valence-electron chi connectivity index (χ1n) is 6.08. The summed E-state index contributed by atoms with van der Waals surface area (Å²) in [7, 11) is 0. The summed E-state index contributed by atoms with van der Waals surface area (Å²) in [6.45, 7) is 3.70. The van der Waals surface area contributed by atoms with E-state index in [2.05, 4.69) is 15.5 Å². The third kappa shape index (κ3) is 3.10. The maximum atomic E-state index is 12.5. The van der Waals surface area contributed by atoms with Crippen LogP contribution in [0.1, 0.15) is 37.7 Å². The van der Waals surface area contributed by atoms with Gasteiger partial charge < -0.3 is 5.32 Å². The number of alkyl halides is 2. The van der Waals surface area contributed by atoms with E-state index < -0.39 is 6.55 Å². The van der Waals surface area contributed by atoms with Gasteiger partial charge in [-0.25, -0.2) is 4.68 Å². The Bertz CT molecular complexity index is 544. The Kier molecular flexibility index (Phi) is 3.82. The summed E-state index contributed by atoms with van der Waals surface area (Å²) in [5.74, 6) is 0. The predicted octanol–water partition coefficient (Wildman–Crippen LogP) is 2.98. The minimum atomic E-state index is -2.61. The summed E-state index contributed by atoms with van der Waals surface area (Å²) < 4.78 is 27.5. The SMILES string of the molecule is Cc1nn(C(F)F)cc1NCc1cnn(C(C)C)c1. The van der Waals surface area contributed by atoms with Crippen LogP contribution in [0, 0.1) is 6.92 Å². The minimum Gasteiger partial charge on any atom is -0.378 e. The number of nitrogens with zero attached hydrogens (tertiary/aromatic N) is 4. The molecule has 5 nitrogen and oxygen atoms in total. The lowest BCUT2D eigenvalue weighted by atomic mass is 10.3. The van der Waals surface area contributed by atoms with Crippen molar-refractivity contribution in [2.45, 2.75) is 39.9 Å². The summed E-state index contributed by atoms with van der Waals surface area (Å²) in [5, 5.41) is 11.0. The third-order valence-electron chi connectivity index (χ3n) is 2.78. The second-order valence-electron chi connectivity index (χ2n) is 4.66. The second-order valence-corrected chi connectivity index (χ2v) is 4.66. The minimum absolute atomic E-state index is 0.303. The zero-order valence-electron chi connectivity index (χ0n) is 11.1. The quantitative estimate of drug-likeness (QED) is 0.907. The molecular weight excluding hydrogens is 252 g/mol. The standard InChI is InChI=1S/C12H17F2N5/c1-8(2)18-6-10(5-16-18)4-15-11-7-19(12(13)14)17-9(11)3/h5-8,12,15H,4H2,1-3H3. The van der Waals surface area contributed by atoms with Gasteiger partial charge in [0.1, 0.15) is 0 Å². The van der Waals surface area contributed by atoms with E-state index in [1.165, 1.54) is 6.20 Å². The summed E-state index contributed by atoms with van der Waals surface area (Å²) >= 11 is 0. The molecule has 0 aromatic carbocycles. The lowest BCUT2D eigenvalue weighted by Crippen LogP contribution is -2.01. The molecule has 7 heteroatoms. The molecule has 0 amide bonds. The molecule has 0 aliphatic rings. The van der Waals surface area contributed by atoms with Crippen molar-refractivity contribution in [2.24, 2.45) is 0 Å². The van der Waals surface area contributed by atoms with Crippen molar-refractivity contribution in [1.82, 2.24) is 19.6 Å². The first kappa shape index (κ1) is 13.5. The van der Waals surface area contributed by atoms with Crippen molar-refractivity contribution >= 4 is 5.69 Å². The largest absolute Gasteiger partial charge is 0.378 e. The Labute approximate surface area is 110 Å². The van der Waals surface area contributed by atoms with Gasteiger partial charge in [0, 0.05) is 24.3 Å². The summed E-state index contributed by atoms with van der Waals surface area (Å²) in [5.41, 5.74) is 2.16. The van der Waals surface area contributed by atoms with Crippen LogP contribution >= 0.6 is 0 Å². The summed E-state index contributed by atoms with van der Waals surface area (Å²) in [4.78, 5) is 0. The topological polar surface area (TPSA) is 47.7 Å². The van der Waals surface area contributed by atoms with E-state index in [4.69, 9.17) is 0 Å². The average Bonchev–Trinajstić information content (AvgIpc) is 2.93. The molecule has 0 saturated carbocycles. The molecule has 0 bridgehead atoms. The van der Waals surface area contributed by atoms with Crippen LogP contribution in [-0.2, 0) is 6.54 Å². The van der Waals surface area contributed by atoms with Gasteiger partial charge in [-0.05, 0) is 20.8 Å². The van der Waals surface area contributed by atoms with Crippen molar-refractivity contribution in [3.05, 3.63) is 29.8 Å². The normalized spacial score (nSPS) is 11.5. The third-order valence-corrected chi connectivity index (χ3v) is 2.78. The average molecular weight is 269 g/mol. The first-order valence-corrected chi connectivity index (χ1v) is 6.08. The lowest BCUT2D eigenvalue weighted by Gasteiger charge is -2.04. The van der Waals surface area contributed by atoms with Crippen molar-refractivity contribution in [1.29, 1.82) is 0 Å². The number of hydrogen-bond donors (Lipinski definition) is 1. The Morgan fingerprint density at radius 3 is 2.53 bits per heavy atom. The van der Waals surface area contributed by atoms with Gasteiger partial charge in [-0.1, -0.05) is 0 Å². The molecule has 0 unspecified atom stereocenters. The van der Waals surface area contributed by atoms with Crippen LogP contribution in [-0.4, -0.2) is 19.6 Å². The van der Waals surface area contributed by atoms with E-state index in [0.717, 1.165) is 5.56 Å². The Morgan fingerprint density at radius 1 is 1.26 bits per heavy atom. The summed E-state index contributed by atoms with van der Waals surface area (Å²) in [6.07, 6.45) is 5.01. The van der Waals surface area contributed by atoms with Crippen molar-refractivity contribution in [3.63, 3.8) is 0 Å².